The van der Waals surface area contributed by atoms with Gasteiger partial charge in [0.25, 0.3) is 0 Å². The molecule has 2 heterocycles. The van der Waals surface area contributed by atoms with E-state index < -0.39 is 5.83 Å². The van der Waals surface area contributed by atoms with Crippen molar-refractivity contribution >= 4 is 24.1 Å². The van der Waals surface area contributed by atoms with Crippen LogP contribution in [0, 0.1) is 6.92 Å². The molecule has 0 saturated heterocycles. The van der Waals surface area contributed by atoms with Crippen LogP contribution in [-0.4, -0.2) is 14.6 Å². The smallest absolute Gasteiger partial charge is 0.222 e. The van der Waals surface area contributed by atoms with Gasteiger partial charge in [0, 0.05) is 11.6 Å². The Hall–Kier alpha value is -2.95. The van der Waals surface area contributed by atoms with E-state index in [1.54, 1.807) is 0 Å². The van der Waals surface area contributed by atoms with Gasteiger partial charge in [-0.15, -0.1) is 0 Å². The van der Waals surface area contributed by atoms with Crippen molar-refractivity contribution in [2.24, 2.45) is 0 Å². The van der Waals surface area contributed by atoms with Crippen molar-refractivity contribution in [2.45, 2.75) is 13.3 Å². The summed E-state index contributed by atoms with van der Waals surface area (Å²) in [5.41, 5.74) is 9.79. The number of halogens is 1. The van der Waals surface area contributed by atoms with Crippen LogP contribution in [0.3, 0.4) is 0 Å². The number of nitrogens with two attached hydrogens (primary N) is 1. The second kappa shape index (κ2) is 5.68. The average Bonchev–Trinajstić information content (AvgIpc) is 2.90. The van der Waals surface area contributed by atoms with Crippen LogP contribution in [0.5, 0.6) is 0 Å². The SMILES string of the molecule is C=C(F)/C=c1\c(=C)nc(N)n2nc(Cc3ccccc3C)cc12. The Labute approximate surface area is 133 Å². The molecule has 23 heavy (non-hydrogen) atoms. The van der Waals surface area contributed by atoms with Crippen LogP contribution in [0.15, 0.2) is 42.7 Å². The zero-order valence-electron chi connectivity index (χ0n) is 12.9. The molecule has 3 aromatic rings. The Balaban J connectivity index is 2.19. The van der Waals surface area contributed by atoms with Gasteiger partial charge in [-0.25, -0.2) is 9.37 Å². The van der Waals surface area contributed by atoms with Crippen LogP contribution in [0.4, 0.5) is 10.3 Å². The number of hydrogen-bond donors (Lipinski definition) is 1. The molecule has 0 spiro atoms. The van der Waals surface area contributed by atoms with Gasteiger partial charge in [-0.05, 0) is 30.2 Å². The normalized spacial score (nSPS) is 12.0. The molecule has 0 aliphatic heterocycles. The fraction of sp³-hybridized carbons (Fsp3) is 0.111. The van der Waals surface area contributed by atoms with Crippen molar-refractivity contribution in [1.29, 1.82) is 0 Å². The summed E-state index contributed by atoms with van der Waals surface area (Å²) in [6.07, 6.45) is 1.96. The van der Waals surface area contributed by atoms with Crippen LogP contribution in [0.25, 0.3) is 18.2 Å². The van der Waals surface area contributed by atoms with Gasteiger partial charge in [0.2, 0.25) is 5.95 Å². The maximum atomic E-state index is 13.2. The molecular weight excluding hydrogens is 291 g/mol. The van der Waals surface area contributed by atoms with Gasteiger partial charge in [0.05, 0.1) is 16.6 Å². The fourth-order valence-electron chi connectivity index (χ4n) is 2.59. The molecule has 1 aromatic carbocycles. The average molecular weight is 308 g/mol. The topological polar surface area (TPSA) is 56.2 Å². The van der Waals surface area contributed by atoms with E-state index in [-0.39, 0.29) is 5.95 Å². The van der Waals surface area contributed by atoms with E-state index in [2.05, 4.69) is 42.3 Å². The maximum Gasteiger partial charge on any atom is 0.222 e. The highest BCUT2D eigenvalue weighted by atomic mass is 19.1. The summed E-state index contributed by atoms with van der Waals surface area (Å²) in [4.78, 5) is 4.12. The predicted octanol–water partition coefficient (Wildman–Crippen LogP) is 1.88. The molecule has 0 unspecified atom stereocenters. The van der Waals surface area contributed by atoms with Gasteiger partial charge in [-0.1, -0.05) is 37.4 Å². The molecule has 0 amide bonds. The summed E-state index contributed by atoms with van der Waals surface area (Å²) in [7, 11) is 0. The molecule has 4 nitrogen and oxygen atoms in total. The van der Waals surface area contributed by atoms with E-state index in [0.29, 0.717) is 22.5 Å². The number of fused-ring (bicyclic) bond motifs is 1. The molecule has 0 aliphatic carbocycles. The lowest BCUT2D eigenvalue weighted by Crippen LogP contribution is -2.31. The van der Waals surface area contributed by atoms with Crippen LogP contribution in [0.2, 0.25) is 0 Å². The Morgan fingerprint density at radius 1 is 1.39 bits per heavy atom. The molecule has 2 aromatic heterocycles. The standard InChI is InChI=1S/C18H17FN4/c1-11-6-4-5-7-14(11)9-15-10-17-16(8-12(2)19)13(3)21-18(20)23(17)22-15/h4-8,10H,2-3,9H2,1H3,(H2,20,21)/b16-8+. The molecule has 0 aliphatic rings. The maximum absolute atomic E-state index is 13.2. The molecule has 3 rings (SSSR count). The van der Waals surface area contributed by atoms with Gasteiger partial charge in [-0.3, -0.25) is 0 Å². The van der Waals surface area contributed by atoms with Crippen molar-refractivity contribution in [2.75, 3.05) is 5.73 Å². The number of aromatic nitrogens is 3. The van der Waals surface area contributed by atoms with E-state index in [0.717, 1.165) is 5.69 Å². The molecule has 0 saturated carbocycles. The zero-order valence-corrected chi connectivity index (χ0v) is 12.9. The Bertz CT molecular complexity index is 1020. The highest BCUT2D eigenvalue weighted by Crippen LogP contribution is 2.14. The lowest BCUT2D eigenvalue weighted by molar-refractivity contribution is 0.683. The molecule has 116 valence electrons. The highest BCUT2D eigenvalue weighted by molar-refractivity contribution is 5.59. The number of anilines is 1. The number of rotatable bonds is 3. The molecule has 0 atom stereocenters. The molecular formula is C18H17FN4. The number of hydrogen-bond acceptors (Lipinski definition) is 3. The van der Waals surface area contributed by atoms with Gasteiger partial charge in [-0.2, -0.15) is 9.61 Å². The van der Waals surface area contributed by atoms with E-state index in [1.807, 2.05) is 18.2 Å². The summed E-state index contributed by atoms with van der Waals surface area (Å²) in [5.74, 6) is -0.340. The van der Waals surface area contributed by atoms with Crippen molar-refractivity contribution in [3.8, 4) is 0 Å². The second-order valence-electron chi connectivity index (χ2n) is 5.46. The third-order valence-corrected chi connectivity index (χ3v) is 3.75. The quantitative estimate of drug-likeness (QED) is 0.804. The first kappa shape index (κ1) is 15.0. The largest absolute Gasteiger partial charge is 0.368 e. The summed E-state index contributed by atoms with van der Waals surface area (Å²) >= 11 is 0. The van der Waals surface area contributed by atoms with Crippen LogP contribution in [0.1, 0.15) is 16.8 Å². The van der Waals surface area contributed by atoms with Crippen molar-refractivity contribution in [3.63, 3.8) is 0 Å². The Morgan fingerprint density at radius 3 is 2.83 bits per heavy atom. The predicted molar refractivity (Wildman–Crippen MR) is 90.9 cm³/mol. The van der Waals surface area contributed by atoms with Crippen LogP contribution in [-0.2, 0) is 6.42 Å². The lowest BCUT2D eigenvalue weighted by Gasteiger charge is -2.02. The Morgan fingerprint density at radius 2 is 2.13 bits per heavy atom. The summed E-state index contributed by atoms with van der Waals surface area (Å²) in [6.45, 7) is 9.15. The lowest BCUT2D eigenvalue weighted by atomic mass is 10.0. The van der Waals surface area contributed by atoms with E-state index in [9.17, 15) is 4.39 Å². The minimum atomic E-state index is -0.565. The first-order chi connectivity index (χ1) is 11.0. The van der Waals surface area contributed by atoms with E-state index >= 15 is 0 Å². The first-order valence-electron chi connectivity index (χ1n) is 7.19. The monoisotopic (exact) mass is 308 g/mol. The number of nitrogen functional groups attached to an aromatic ring is 1. The number of nitrogens with zero attached hydrogens (tertiary/aromatic N) is 3. The van der Waals surface area contributed by atoms with E-state index in [4.69, 9.17) is 5.73 Å². The molecule has 0 radical (unpaired) electrons. The number of aryl methyl sites for hydroxylation is 1. The summed E-state index contributed by atoms with van der Waals surface area (Å²) in [6, 6.07) is 9.99. The molecule has 2 N–H and O–H groups in total. The van der Waals surface area contributed by atoms with Crippen molar-refractivity contribution < 1.29 is 4.39 Å². The highest BCUT2D eigenvalue weighted by Gasteiger charge is 2.09. The minimum Gasteiger partial charge on any atom is -0.368 e. The van der Waals surface area contributed by atoms with E-state index in [1.165, 1.54) is 21.7 Å². The van der Waals surface area contributed by atoms with Gasteiger partial charge < -0.3 is 5.73 Å². The minimum absolute atomic E-state index is 0.225. The zero-order chi connectivity index (χ0) is 16.6. The Kier molecular flexibility index (Phi) is 3.70. The van der Waals surface area contributed by atoms with Crippen LogP contribution < -0.4 is 16.3 Å². The number of benzene rings is 1. The van der Waals surface area contributed by atoms with Gasteiger partial charge in [0.1, 0.15) is 5.83 Å². The number of allylic oxidation sites excluding steroid dienone is 1. The third-order valence-electron chi connectivity index (χ3n) is 3.75. The van der Waals surface area contributed by atoms with Crippen molar-refractivity contribution in [1.82, 2.24) is 14.6 Å². The van der Waals surface area contributed by atoms with Crippen LogP contribution >= 0.6 is 0 Å². The third kappa shape index (κ3) is 2.85. The second-order valence-corrected chi connectivity index (χ2v) is 5.46. The summed E-state index contributed by atoms with van der Waals surface area (Å²) < 4.78 is 14.7. The van der Waals surface area contributed by atoms with Gasteiger partial charge >= 0.3 is 0 Å². The molecule has 0 fully saturated rings. The fourth-order valence-corrected chi connectivity index (χ4v) is 2.59. The summed E-state index contributed by atoms with van der Waals surface area (Å²) in [5, 5.41) is 5.42. The molecule has 0 bridgehead atoms. The molecule has 5 heteroatoms. The van der Waals surface area contributed by atoms with Gasteiger partial charge in [0.15, 0.2) is 0 Å². The first-order valence-corrected chi connectivity index (χ1v) is 7.19. The van der Waals surface area contributed by atoms with Crippen molar-refractivity contribution in [3.05, 3.63) is 70.1 Å².